The van der Waals surface area contributed by atoms with E-state index in [1.54, 1.807) is 16.8 Å². The summed E-state index contributed by atoms with van der Waals surface area (Å²) in [7, 11) is 0. The zero-order chi connectivity index (χ0) is 13.1. The highest BCUT2D eigenvalue weighted by Crippen LogP contribution is 2.20. The summed E-state index contributed by atoms with van der Waals surface area (Å²) in [5.41, 5.74) is 1.75. The predicted octanol–water partition coefficient (Wildman–Crippen LogP) is 0.186. The Bertz CT molecular complexity index is 410. The zero-order valence-corrected chi connectivity index (χ0v) is 11.7. The monoisotopic (exact) mass is 281 g/mol. The third-order valence-corrected chi connectivity index (χ3v) is 4.65. The van der Waals surface area contributed by atoms with E-state index in [2.05, 4.69) is 20.4 Å². The largest absolute Gasteiger partial charge is 0.343 e. The number of carbonyl (C=O) groups is 1. The maximum atomic E-state index is 12.4. The summed E-state index contributed by atoms with van der Waals surface area (Å²) in [6, 6.07) is 0. The molecule has 0 atom stereocenters. The third-order valence-electron chi connectivity index (χ3n) is 3.90. The number of piperidine rings is 1. The lowest BCUT2D eigenvalue weighted by Gasteiger charge is -2.36. The first-order valence-corrected chi connectivity index (χ1v) is 7.73. The van der Waals surface area contributed by atoms with Crippen molar-refractivity contribution in [2.75, 3.05) is 44.2 Å². The summed E-state index contributed by atoms with van der Waals surface area (Å²) < 4.78 is 0. The standard InChI is InChI=1S/C12H19N5OS/c18-11(10-1-3-13-4-2-10)16-5-7-17(8-6-16)12-15-14-9-19-12/h9-10,13H,1-8H2. The second-order valence-corrected chi connectivity index (χ2v) is 5.87. The topological polar surface area (TPSA) is 61.4 Å². The minimum atomic E-state index is 0.231. The van der Waals surface area contributed by atoms with Crippen LogP contribution in [0.5, 0.6) is 0 Å². The van der Waals surface area contributed by atoms with Gasteiger partial charge in [0.15, 0.2) is 0 Å². The van der Waals surface area contributed by atoms with Crippen molar-refractivity contribution in [3.8, 4) is 0 Å². The van der Waals surface area contributed by atoms with Crippen LogP contribution in [0.4, 0.5) is 5.13 Å². The van der Waals surface area contributed by atoms with E-state index in [1.807, 2.05) is 4.90 Å². The third kappa shape index (κ3) is 2.87. The minimum absolute atomic E-state index is 0.231. The molecule has 0 radical (unpaired) electrons. The quantitative estimate of drug-likeness (QED) is 0.838. The van der Waals surface area contributed by atoms with Gasteiger partial charge in [-0.2, -0.15) is 0 Å². The zero-order valence-electron chi connectivity index (χ0n) is 10.9. The first-order valence-electron chi connectivity index (χ1n) is 6.85. The summed E-state index contributed by atoms with van der Waals surface area (Å²) in [5, 5.41) is 12.2. The van der Waals surface area contributed by atoms with Crippen molar-refractivity contribution >= 4 is 22.4 Å². The molecular formula is C12H19N5OS. The van der Waals surface area contributed by atoms with Gasteiger partial charge < -0.3 is 15.1 Å². The average Bonchev–Trinajstić information content (AvgIpc) is 3.02. The maximum Gasteiger partial charge on any atom is 0.225 e. The van der Waals surface area contributed by atoms with Crippen LogP contribution < -0.4 is 10.2 Å². The highest BCUT2D eigenvalue weighted by Gasteiger charge is 2.28. The van der Waals surface area contributed by atoms with Crippen LogP contribution in [0, 0.1) is 5.92 Å². The van der Waals surface area contributed by atoms with Gasteiger partial charge in [-0.05, 0) is 25.9 Å². The van der Waals surface area contributed by atoms with Crippen LogP contribution >= 0.6 is 11.3 Å². The van der Waals surface area contributed by atoms with Gasteiger partial charge in [-0.3, -0.25) is 4.79 Å². The molecule has 2 aliphatic heterocycles. The van der Waals surface area contributed by atoms with E-state index >= 15 is 0 Å². The predicted molar refractivity (Wildman–Crippen MR) is 74.3 cm³/mol. The Hall–Kier alpha value is -1.21. The smallest absolute Gasteiger partial charge is 0.225 e. The average molecular weight is 281 g/mol. The number of rotatable bonds is 2. The van der Waals surface area contributed by atoms with E-state index in [9.17, 15) is 4.79 Å². The lowest BCUT2D eigenvalue weighted by molar-refractivity contribution is -0.136. The van der Waals surface area contributed by atoms with Crippen molar-refractivity contribution < 1.29 is 4.79 Å². The Labute approximate surface area is 116 Å². The molecule has 2 fully saturated rings. The van der Waals surface area contributed by atoms with Gasteiger partial charge in [0.05, 0.1) is 0 Å². The van der Waals surface area contributed by atoms with Crippen LogP contribution in [0.2, 0.25) is 0 Å². The van der Waals surface area contributed by atoms with Crippen LogP contribution in [0.25, 0.3) is 0 Å². The molecule has 7 heteroatoms. The van der Waals surface area contributed by atoms with E-state index < -0.39 is 0 Å². The van der Waals surface area contributed by atoms with Gasteiger partial charge in [0.2, 0.25) is 11.0 Å². The fourth-order valence-corrected chi connectivity index (χ4v) is 3.36. The Balaban J connectivity index is 1.53. The van der Waals surface area contributed by atoms with Crippen molar-refractivity contribution in [3.63, 3.8) is 0 Å². The molecule has 3 rings (SSSR count). The number of nitrogens with one attached hydrogen (secondary N) is 1. The fourth-order valence-electron chi connectivity index (χ4n) is 2.75. The molecule has 19 heavy (non-hydrogen) atoms. The van der Waals surface area contributed by atoms with E-state index in [0.29, 0.717) is 5.91 Å². The highest BCUT2D eigenvalue weighted by molar-refractivity contribution is 7.13. The van der Waals surface area contributed by atoms with Crippen LogP contribution in [0.3, 0.4) is 0 Å². The van der Waals surface area contributed by atoms with Gasteiger partial charge in [-0.25, -0.2) is 0 Å². The van der Waals surface area contributed by atoms with E-state index in [-0.39, 0.29) is 5.92 Å². The molecule has 0 unspecified atom stereocenters. The molecule has 1 aromatic rings. The van der Waals surface area contributed by atoms with Crippen molar-refractivity contribution in [1.82, 2.24) is 20.4 Å². The molecule has 1 N–H and O–H groups in total. The van der Waals surface area contributed by atoms with Gasteiger partial charge >= 0.3 is 0 Å². The number of anilines is 1. The summed E-state index contributed by atoms with van der Waals surface area (Å²) in [4.78, 5) is 16.6. The highest BCUT2D eigenvalue weighted by atomic mass is 32.1. The summed E-state index contributed by atoms with van der Waals surface area (Å²) in [5.74, 6) is 0.577. The molecule has 0 aromatic carbocycles. The first kappa shape index (κ1) is 12.8. The van der Waals surface area contributed by atoms with E-state index in [1.165, 1.54) is 0 Å². The normalized spacial score (nSPS) is 21.7. The van der Waals surface area contributed by atoms with Gasteiger partial charge in [-0.15, -0.1) is 10.2 Å². The summed E-state index contributed by atoms with van der Waals surface area (Å²) >= 11 is 1.56. The number of piperazine rings is 1. The van der Waals surface area contributed by atoms with Crippen molar-refractivity contribution in [2.24, 2.45) is 5.92 Å². The Kier molecular flexibility index (Phi) is 3.93. The Morgan fingerprint density at radius 1 is 1.26 bits per heavy atom. The Morgan fingerprint density at radius 2 is 2.00 bits per heavy atom. The second kappa shape index (κ2) is 5.83. The van der Waals surface area contributed by atoms with Crippen LogP contribution in [0.1, 0.15) is 12.8 Å². The van der Waals surface area contributed by atoms with Crippen molar-refractivity contribution in [1.29, 1.82) is 0 Å². The lowest BCUT2D eigenvalue weighted by atomic mass is 9.96. The van der Waals surface area contributed by atoms with Gasteiger partial charge in [0.1, 0.15) is 5.51 Å². The molecule has 3 heterocycles. The van der Waals surface area contributed by atoms with Crippen LogP contribution in [-0.4, -0.2) is 60.3 Å². The van der Waals surface area contributed by atoms with Crippen LogP contribution in [-0.2, 0) is 4.79 Å². The lowest BCUT2D eigenvalue weighted by Crippen LogP contribution is -2.51. The van der Waals surface area contributed by atoms with Crippen molar-refractivity contribution in [3.05, 3.63) is 5.51 Å². The number of hydrogen-bond donors (Lipinski definition) is 1. The summed E-state index contributed by atoms with van der Waals surface area (Å²) in [6.45, 7) is 5.30. The number of hydrogen-bond acceptors (Lipinski definition) is 6. The molecular weight excluding hydrogens is 262 g/mol. The molecule has 6 nitrogen and oxygen atoms in total. The summed E-state index contributed by atoms with van der Waals surface area (Å²) in [6.07, 6.45) is 1.96. The molecule has 1 aromatic heterocycles. The number of amides is 1. The molecule has 1 amide bonds. The molecule has 104 valence electrons. The molecule has 0 spiro atoms. The number of nitrogens with zero attached hydrogens (tertiary/aromatic N) is 4. The van der Waals surface area contributed by atoms with Crippen molar-refractivity contribution in [2.45, 2.75) is 12.8 Å². The van der Waals surface area contributed by atoms with E-state index in [4.69, 9.17) is 0 Å². The molecule has 0 aliphatic carbocycles. The van der Waals surface area contributed by atoms with Gasteiger partial charge in [0.25, 0.3) is 0 Å². The second-order valence-electron chi connectivity index (χ2n) is 5.06. The Morgan fingerprint density at radius 3 is 2.63 bits per heavy atom. The molecule has 0 saturated carbocycles. The first-order chi connectivity index (χ1) is 9.34. The van der Waals surface area contributed by atoms with Crippen LogP contribution in [0.15, 0.2) is 5.51 Å². The maximum absolute atomic E-state index is 12.4. The van der Waals surface area contributed by atoms with E-state index in [0.717, 1.165) is 57.2 Å². The molecule has 2 saturated heterocycles. The number of aromatic nitrogens is 2. The SMILES string of the molecule is O=C(C1CCNCC1)N1CCN(c2nncs2)CC1. The van der Waals surface area contributed by atoms with Gasteiger partial charge in [0, 0.05) is 32.1 Å². The van der Waals surface area contributed by atoms with Gasteiger partial charge in [-0.1, -0.05) is 11.3 Å². The molecule has 2 aliphatic rings. The molecule has 0 bridgehead atoms. The minimum Gasteiger partial charge on any atom is -0.343 e. The fraction of sp³-hybridized carbons (Fsp3) is 0.750. The number of carbonyl (C=O) groups excluding carboxylic acids is 1.